The van der Waals surface area contributed by atoms with E-state index in [-0.39, 0.29) is 18.1 Å². The molecule has 2 aromatic carbocycles. The second-order valence-electron chi connectivity index (χ2n) is 8.90. The predicted octanol–water partition coefficient (Wildman–Crippen LogP) is 3.96. The molecule has 0 bridgehead atoms. The highest BCUT2D eigenvalue weighted by Gasteiger charge is 2.28. The van der Waals surface area contributed by atoms with Crippen molar-refractivity contribution in [1.82, 2.24) is 20.0 Å². The number of aryl methyl sites for hydroxylation is 2. The third-order valence-corrected chi connectivity index (χ3v) is 6.26. The fourth-order valence-corrected chi connectivity index (χ4v) is 4.49. The van der Waals surface area contributed by atoms with Crippen LogP contribution in [0.15, 0.2) is 60.7 Å². The molecule has 1 aliphatic rings. The number of hydrogen-bond acceptors (Lipinski definition) is 4. The number of carbonyl (C=O) groups excluding carboxylic acids is 1. The number of amides is 1. The summed E-state index contributed by atoms with van der Waals surface area (Å²) in [5.41, 5.74) is 5.15. The molecule has 0 radical (unpaired) electrons. The fourth-order valence-electron chi connectivity index (χ4n) is 4.49. The molecule has 1 fully saturated rings. The minimum absolute atomic E-state index is 0.0192. The van der Waals surface area contributed by atoms with Crippen LogP contribution in [0.1, 0.15) is 46.2 Å². The van der Waals surface area contributed by atoms with Crippen molar-refractivity contribution in [2.75, 3.05) is 19.7 Å². The third-order valence-electron chi connectivity index (χ3n) is 6.26. The lowest BCUT2D eigenvalue weighted by Crippen LogP contribution is -2.53. The highest BCUT2D eigenvalue weighted by atomic mass is 16.5. The maximum Gasteiger partial charge on any atom is 0.251 e. The lowest BCUT2D eigenvalue weighted by Gasteiger charge is -2.37. The van der Waals surface area contributed by atoms with E-state index in [1.165, 1.54) is 5.56 Å². The number of morpholine rings is 1. The second kappa shape index (κ2) is 10.8. The van der Waals surface area contributed by atoms with E-state index >= 15 is 0 Å². The topological polar surface area (TPSA) is 59.4 Å². The predicted molar refractivity (Wildman–Crippen MR) is 130 cm³/mol. The van der Waals surface area contributed by atoms with Crippen LogP contribution in [0.25, 0.3) is 0 Å². The van der Waals surface area contributed by atoms with Crippen molar-refractivity contribution >= 4 is 5.91 Å². The molecule has 3 aromatic rings. The first kappa shape index (κ1) is 23.2. The van der Waals surface area contributed by atoms with Gasteiger partial charge in [0.05, 0.1) is 31.0 Å². The van der Waals surface area contributed by atoms with Crippen LogP contribution in [-0.4, -0.2) is 52.4 Å². The molecule has 1 N–H and O–H groups in total. The molecule has 0 spiro atoms. The van der Waals surface area contributed by atoms with E-state index in [2.05, 4.69) is 52.6 Å². The Hall–Kier alpha value is -2.96. The van der Waals surface area contributed by atoms with Crippen LogP contribution in [0.2, 0.25) is 0 Å². The van der Waals surface area contributed by atoms with Gasteiger partial charge in [-0.1, -0.05) is 49.4 Å². The van der Waals surface area contributed by atoms with E-state index in [0.29, 0.717) is 18.7 Å². The van der Waals surface area contributed by atoms with Crippen LogP contribution in [0.3, 0.4) is 0 Å². The maximum atomic E-state index is 13.1. The lowest BCUT2D eigenvalue weighted by molar-refractivity contribution is -0.0483. The number of aromatic nitrogens is 2. The van der Waals surface area contributed by atoms with Crippen LogP contribution in [0.4, 0.5) is 0 Å². The minimum Gasteiger partial charge on any atom is -0.373 e. The van der Waals surface area contributed by atoms with Gasteiger partial charge in [-0.15, -0.1) is 0 Å². The Kier molecular flexibility index (Phi) is 7.57. The van der Waals surface area contributed by atoms with Crippen LogP contribution >= 0.6 is 0 Å². The molecule has 1 aliphatic heterocycles. The molecule has 0 saturated carbocycles. The van der Waals surface area contributed by atoms with E-state index < -0.39 is 0 Å². The smallest absolute Gasteiger partial charge is 0.251 e. The molecule has 2 atom stereocenters. The van der Waals surface area contributed by atoms with Gasteiger partial charge in [0.25, 0.3) is 5.91 Å². The summed E-state index contributed by atoms with van der Waals surface area (Å²) in [4.78, 5) is 15.5. The van der Waals surface area contributed by atoms with Gasteiger partial charge < -0.3 is 10.1 Å². The van der Waals surface area contributed by atoms with E-state index in [4.69, 9.17) is 4.74 Å². The Morgan fingerprint density at radius 1 is 1.09 bits per heavy atom. The number of ether oxygens (including phenoxy) is 1. The summed E-state index contributed by atoms with van der Waals surface area (Å²) in [6, 6.07) is 20.3. The van der Waals surface area contributed by atoms with E-state index in [9.17, 15) is 4.79 Å². The fraction of sp³-hybridized carbons (Fsp3) is 0.407. The maximum absolute atomic E-state index is 13.1. The normalized spacial score (nSPS) is 17.6. The number of nitrogens with zero attached hydrogens (tertiary/aromatic N) is 3. The van der Waals surface area contributed by atoms with Gasteiger partial charge >= 0.3 is 0 Å². The Bertz CT molecular complexity index is 1060. The molecule has 6 nitrogen and oxygen atoms in total. The van der Waals surface area contributed by atoms with Crippen molar-refractivity contribution in [3.05, 3.63) is 88.7 Å². The van der Waals surface area contributed by atoms with Crippen molar-refractivity contribution in [2.24, 2.45) is 0 Å². The number of benzene rings is 2. The number of hydrogen-bond donors (Lipinski definition) is 1. The Morgan fingerprint density at radius 2 is 1.88 bits per heavy atom. The quantitative estimate of drug-likeness (QED) is 0.569. The molecule has 0 unspecified atom stereocenters. The first-order valence-corrected chi connectivity index (χ1v) is 11.8. The summed E-state index contributed by atoms with van der Waals surface area (Å²) in [5, 5.41) is 7.77. The average Bonchev–Trinajstić information content (AvgIpc) is 3.14. The van der Waals surface area contributed by atoms with Crippen LogP contribution < -0.4 is 5.32 Å². The molecule has 0 aliphatic carbocycles. The summed E-state index contributed by atoms with van der Waals surface area (Å²) in [5.74, 6) is -0.0548. The first-order chi connectivity index (χ1) is 16.0. The molecule has 4 rings (SSSR count). The lowest BCUT2D eigenvalue weighted by atomic mass is 10.0. The van der Waals surface area contributed by atoms with Crippen molar-refractivity contribution in [2.45, 2.75) is 52.4 Å². The molecule has 33 heavy (non-hydrogen) atoms. The molecular weight excluding hydrogens is 412 g/mol. The first-order valence-electron chi connectivity index (χ1n) is 11.8. The summed E-state index contributed by atoms with van der Waals surface area (Å²) in [6.07, 6.45) is 0.801. The van der Waals surface area contributed by atoms with Crippen molar-refractivity contribution in [3.63, 3.8) is 0 Å². The summed E-state index contributed by atoms with van der Waals surface area (Å²) in [7, 11) is 0. The monoisotopic (exact) mass is 446 g/mol. The van der Waals surface area contributed by atoms with E-state index in [0.717, 1.165) is 43.0 Å². The molecule has 6 heteroatoms. The average molecular weight is 447 g/mol. The van der Waals surface area contributed by atoms with Gasteiger partial charge in [0.1, 0.15) is 0 Å². The number of nitrogens with one attached hydrogen (secondary N) is 1. The zero-order valence-corrected chi connectivity index (χ0v) is 19.8. The van der Waals surface area contributed by atoms with Gasteiger partial charge in [-0.25, -0.2) is 0 Å². The van der Waals surface area contributed by atoms with Crippen LogP contribution in [-0.2, 0) is 17.8 Å². The molecule has 174 valence electrons. The van der Waals surface area contributed by atoms with Crippen LogP contribution in [0.5, 0.6) is 0 Å². The Morgan fingerprint density at radius 3 is 2.61 bits per heavy atom. The minimum atomic E-state index is -0.0548. The van der Waals surface area contributed by atoms with Crippen molar-refractivity contribution in [3.8, 4) is 0 Å². The molecule has 1 amide bonds. The van der Waals surface area contributed by atoms with Gasteiger partial charge in [-0.2, -0.15) is 5.10 Å². The molecule has 1 aromatic heterocycles. The SMILES string of the molecule is CC[C@@H](NC(=O)c1cccc(Cn2nc(C)cc2C)c1)[C@H]1CN(Cc2ccccc2)CCO1. The number of rotatable bonds is 8. The second-order valence-corrected chi connectivity index (χ2v) is 8.90. The standard InChI is InChI=1S/C27H34N4O2/c1-4-25(26-19-30(13-14-33-26)17-22-9-6-5-7-10-22)28-27(32)24-12-8-11-23(16-24)18-31-21(3)15-20(2)29-31/h5-12,15-16,25-26H,4,13-14,17-19H2,1-3H3,(H,28,32)/t25-,26-/m1/s1. The Balaban J connectivity index is 1.38. The summed E-state index contributed by atoms with van der Waals surface area (Å²) < 4.78 is 8.06. The molecule has 2 heterocycles. The third kappa shape index (κ3) is 6.09. The zero-order valence-electron chi connectivity index (χ0n) is 19.8. The molecular formula is C27H34N4O2. The summed E-state index contributed by atoms with van der Waals surface area (Å²) in [6.45, 7) is 10.1. The van der Waals surface area contributed by atoms with Gasteiger partial charge in [0, 0.05) is 30.9 Å². The zero-order chi connectivity index (χ0) is 23.2. The van der Waals surface area contributed by atoms with E-state index in [1.54, 1.807) is 0 Å². The van der Waals surface area contributed by atoms with Crippen molar-refractivity contribution in [1.29, 1.82) is 0 Å². The highest BCUT2D eigenvalue weighted by Crippen LogP contribution is 2.16. The van der Waals surface area contributed by atoms with Gasteiger partial charge in [-0.05, 0) is 49.6 Å². The summed E-state index contributed by atoms with van der Waals surface area (Å²) >= 11 is 0. The Labute approximate surface area is 196 Å². The van der Waals surface area contributed by atoms with Crippen molar-refractivity contribution < 1.29 is 9.53 Å². The van der Waals surface area contributed by atoms with Gasteiger partial charge in [0.2, 0.25) is 0 Å². The van der Waals surface area contributed by atoms with Crippen LogP contribution in [0, 0.1) is 13.8 Å². The van der Waals surface area contributed by atoms with E-state index in [1.807, 2.05) is 48.9 Å². The van der Waals surface area contributed by atoms with Gasteiger partial charge in [-0.3, -0.25) is 14.4 Å². The molecule has 1 saturated heterocycles. The highest BCUT2D eigenvalue weighted by molar-refractivity contribution is 5.94. The van der Waals surface area contributed by atoms with Gasteiger partial charge in [0.15, 0.2) is 0 Å². The number of carbonyl (C=O) groups is 1. The largest absolute Gasteiger partial charge is 0.373 e.